The highest BCUT2D eigenvalue weighted by Crippen LogP contribution is 2.36. The smallest absolute Gasteiger partial charge is 0.287 e. The van der Waals surface area contributed by atoms with Gasteiger partial charge in [-0.2, -0.15) is 4.37 Å². The lowest BCUT2D eigenvalue weighted by Gasteiger charge is -2.19. The Morgan fingerprint density at radius 3 is 2.73 bits per heavy atom. The molecule has 1 atom stereocenters. The average molecular weight is 581 g/mol. The maximum absolute atomic E-state index is 14.3. The van der Waals surface area contributed by atoms with Gasteiger partial charge in [-0.05, 0) is 48.3 Å². The Kier molecular flexibility index (Phi) is 7.71. The number of hydrogen-bond acceptors (Lipinski definition) is 8. The summed E-state index contributed by atoms with van der Waals surface area (Å²) in [6, 6.07) is 11.2. The first-order chi connectivity index (χ1) is 19.2. The second-order valence-electron chi connectivity index (χ2n) is 8.99. The third-order valence-electron chi connectivity index (χ3n) is 6.16. The van der Waals surface area contributed by atoms with E-state index in [0.717, 1.165) is 4.70 Å². The van der Waals surface area contributed by atoms with Crippen molar-refractivity contribution in [3.63, 3.8) is 0 Å². The number of carbonyl (C=O) groups excluding carboxylic acids is 3. The van der Waals surface area contributed by atoms with E-state index in [1.165, 1.54) is 53.9 Å². The van der Waals surface area contributed by atoms with Crippen LogP contribution in [0, 0.1) is 5.82 Å². The minimum absolute atomic E-state index is 0.0164. The van der Waals surface area contributed by atoms with Crippen LogP contribution in [-0.2, 0) is 17.9 Å². The van der Waals surface area contributed by atoms with E-state index in [2.05, 4.69) is 25.0 Å². The summed E-state index contributed by atoms with van der Waals surface area (Å²) >= 11 is 7.60. The summed E-state index contributed by atoms with van der Waals surface area (Å²) in [5, 5.41) is 6.38. The molecule has 2 N–H and O–H groups in total. The first-order valence-electron chi connectivity index (χ1n) is 12.1. The minimum atomic E-state index is -0.686. The van der Waals surface area contributed by atoms with Crippen LogP contribution >= 0.6 is 23.1 Å². The largest absolute Gasteiger partial charge is 0.451 e. The molecule has 2 aromatic carbocycles. The number of amides is 2. The molecular weight excluding hydrogens is 559 g/mol. The maximum Gasteiger partial charge on any atom is 0.287 e. The molecule has 0 saturated heterocycles. The number of aromatic nitrogens is 4. The number of nitrogens with one attached hydrogen (secondary N) is 2. The summed E-state index contributed by atoms with van der Waals surface area (Å²) in [5.41, 5.74) is 1.33. The van der Waals surface area contributed by atoms with Crippen LogP contribution in [-0.4, -0.2) is 36.5 Å². The summed E-state index contributed by atoms with van der Waals surface area (Å²) in [5.74, 6) is -2.77. The van der Waals surface area contributed by atoms with Crippen molar-refractivity contribution in [3.8, 4) is 0 Å². The van der Waals surface area contributed by atoms with Crippen LogP contribution in [0.3, 0.4) is 0 Å². The zero-order valence-corrected chi connectivity index (χ0v) is 22.8. The molecule has 0 fully saturated rings. The van der Waals surface area contributed by atoms with Crippen LogP contribution < -0.4 is 10.6 Å². The van der Waals surface area contributed by atoms with Gasteiger partial charge >= 0.3 is 0 Å². The number of rotatable bonds is 9. The number of fused-ring (bicyclic) bond motifs is 1. The summed E-state index contributed by atoms with van der Waals surface area (Å²) in [7, 11) is 0. The standard InChI is InChI=1S/C27H22ClFN6O4S/c1-14(36)11-35-23(15(2)19-9-16(29)7-8-20(19)28)24(32-25(35)27(38)30-10-17-12-39-13-31-17)33-26(37)22-18-5-3-4-6-21(18)40-34-22/h3-9,12-13,15H,10-11H2,1-2H3,(H,30,38)(H,33,37)/t15-/m1/s1. The number of hydrogen-bond donors (Lipinski definition) is 2. The van der Waals surface area contributed by atoms with Gasteiger partial charge in [0.15, 0.2) is 12.2 Å². The monoisotopic (exact) mass is 580 g/mol. The van der Waals surface area contributed by atoms with Crippen LogP contribution in [0.2, 0.25) is 5.02 Å². The van der Waals surface area contributed by atoms with E-state index >= 15 is 0 Å². The van der Waals surface area contributed by atoms with E-state index in [9.17, 15) is 18.8 Å². The van der Waals surface area contributed by atoms with Crippen LogP contribution in [0.4, 0.5) is 10.2 Å². The number of imidazole rings is 1. The van der Waals surface area contributed by atoms with E-state index < -0.39 is 23.5 Å². The van der Waals surface area contributed by atoms with E-state index in [-0.39, 0.29) is 41.2 Å². The fraction of sp³-hybridized carbons (Fsp3) is 0.185. The summed E-state index contributed by atoms with van der Waals surface area (Å²) in [6.07, 6.45) is 2.61. The molecule has 0 aliphatic rings. The quantitative estimate of drug-likeness (QED) is 0.245. The van der Waals surface area contributed by atoms with Crippen LogP contribution in [0.15, 0.2) is 59.5 Å². The normalized spacial score (nSPS) is 11.9. The second-order valence-corrected chi connectivity index (χ2v) is 10.2. The molecular formula is C27H22ClFN6O4S. The number of benzene rings is 2. The van der Waals surface area contributed by atoms with Gasteiger partial charge < -0.3 is 19.6 Å². The number of halogens is 2. The molecule has 10 nitrogen and oxygen atoms in total. The molecule has 0 bridgehead atoms. The zero-order chi connectivity index (χ0) is 28.4. The number of anilines is 1. The summed E-state index contributed by atoms with van der Waals surface area (Å²) in [4.78, 5) is 47.5. The van der Waals surface area contributed by atoms with Crippen molar-refractivity contribution < 1.29 is 23.2 Å². The highest BCUT2D eigenvalue weighted by atomic mass is 35.5. The number of Topliss-reactive ketones (excluding diaryl/α,β-unsaturated/α-hetero) is 1. The van der Waals surface area contributed by atoms with Gasteiger partial charge in [0.2, 0.25) is 5.82 Å². The molecule has 3 heterocycles. The van der Waals surface area contributed by atoms with Gasteiger partial charge in [0.05, 0.1) is 29.2 Å². The molecule has 13 heteroatoms. The van der Waals surface area contributed by atoms with Gasteiger partial charge in [0, 0.05) is 16.3 Å². The molecule has 5 rings (SSSR count). The topological polar surface area (TPSA) is 132 Å². The van der Waals surface area contributed by atoms with Crippen LogP contribution in [0.5, 0.6) is 0 Å². The highest BCUT2D eigenvalue weighted by molar-refractivity contribution is 7.13. The fourth-order valence-corrected chi connectivity index (χ4v) is 5.39. The van der Waals surface area contributed by atoms with Crippen molar-refractivity contribution in [3.05, 3.63) is 94.4 Å². The Balaban J connectivity index is 1.61. The van der Waals surface area contributed by atoms with E-state index in [1.807, 2.05) is 12.1 Å². The maximum atomic E-state index is 14.3. The highest BCUT2D eigenvalue weighted by Gasteiger charge is 2.30. The molecule has 0 radical (unpaired) electrons. The summed E-state index contributed by atoms with van der Waals surface area (Å²) < 4.78 is 25.7. The molecule has 3 aromatic heterocycles. The average Bonchev–Trinajstić information content (AvgIpc) is 3.67. The van der Waals surface area contributed by atoms with Gasteiger partial charge in [-0.3, -0.25) is 14.4 Å². The van der Waals surface area contributed by atoms with Gasteiger partial charge in [0.1, 0.15) is 23.6 Å². The molecule has 0 spiro atoms. The predicted molar refractivity (Wildman–Crippen MR) is 147 cm³/mol. The zero-order valence-electron chi connectivity index (χ0n) is 21.3. The lowest BCUT2D eigenvalue weighted by atomic mass is 9.96. The van der Waals surface area contributed by atoms with Crippen LogP contribution in [0.25, 0.3) is 10.1 Å². The molecule has 0 unspecified atom stereocenters. The molecule has 204 valence electrons. The second kappa shape index (κ2) is 11.4. The first kappa shape index (κ1) is 27.2. The van der Waals surface area contributed by atoms with E-state index in [4.69, 9.17) is 16.0 Å². The lowest BCUT2D eigenvalue weighted by Crippen LogP contribution is -2.28. The van der Waals surface area contributed by atoms with Crippen molar-refractivity contribution in [1.29, 1.82) is 0 Å². The Morgan fingerprint density at radius 2 is 1.98 bits per heavy atom. The van der Waals surface area contributed by atoms with Crippen molar-refractivity contribution in [2.45, 2.75) is 32.9 Å². The Labute approximate surface area is 236 Å². The van der Waals surface area contributed by atoms with Gasteiger partial charge in [-0.15, -0.1) is 0 Å². The number of carbonyl (C=O) groups is 3. The minimum Gasteiger partial charge on any atom is -0.451 e. The van der Waals surface area contributed by atoms with E-state index in [1.54, 1.807) is 19.1 Å². The molecule has 0 saturated carbocycles. The SMILES string of the molecule is CC(=O)Cn1c(C(=O)NCc2cocn2)nc(NC(=O)c2nsc3ccccc23)c1[C@H](C)c1cc(F)ccc1Cl. The molecule has 40 heavy (non-hydrogen) atoms. The summed E-state index contributed by atoms with van der Waals surface area (Å²) in [6.45, 7) is 2.89. The van der Waals surface area contributed by atoms with Crippen molar-refractivity contribution in [2.24, 2.45) is 0 Å². The third kappa shape index (κ3) is 5.49. The number of oxazole rings is 1. The van der Waals surface area contributed by atoms with Crippen LogP contribution in [0.1, 0.15) is 57.8 Å². The number of nitrogens with zero attached hydrogens (tertiary/aromatic N) is 4. The lowest BCUT2D eigenvalue weighted by molar-refractivity contribution is -0.117. The van der Waals surface area contributed by atoms with Crippen molar-refractivity contribution in [2.75, 3.05) is 5.32 Å². The molecule has 2 amide bonds. The Hall–Kier alpha value is -4.42. The van der Waals surface area contributed by atoms with Crippen molar-refractivity contribution >= 4 is 56.6 Å². The van der Waals surface area contributed by atoms with Gasteiger partial charge in [-0.25, -0.2) is 14.4 Å². The van der Waals surface area contributed by atoms with Gasteiger partial charge in [-0.1, -0.05) is 36.7 Å². The number of ketones is 1. The fourth-order valence-electron chi connectivity index (χ4n) is 4.34. The van der Waals surface area contributed by atoms with Gasteiger partial charge in [0.25, 0.3) is 11.8 Å². The Morgan fingerprint density at radius 1 is 1.18 bits per heavy atom. The molecule has 5 aromatic rings. The Bertz CT molecular complexity index is 1730. The van der Waals surface area contributed by atoms with E-state index in [0.29, 0.717) is 22.3 Å². The third-order valence-corrected chi connectivity index (χ3v) is 7.33. The molecule has 0 aliphatic heterocycles. The predicted octanol–water partition coefficient (Wildman–Crippen LogP) is 5.20. The van der Waals surface area contributed by atoms with Crippen molar-refractivity contribution in [1.82, 2.24) is 24.2 Å². The first-order valence-corrected chi connectivity index (χ1v) is 13.2. The molecule has 0 aliphatic carbocycles.